The highest BCUT2D eigenvalue weighted by Crippen LogP contribution is 2.29. The first kappa shape index (κ1) is 26.6. The van der Waals surface area contributed by atoms with Gasteiger partial charge in [0.15, 0.2) is 5.82 Å². The highest BCUT2D eigenvalue weighted by Gasteiger charge is 2.22. The summed E-state index contributed by atoms with van der Waals surface area (Å²) in [7, 11) is 0. The smallest absolute Gasteiger partial charge is 0.273 e. The molecule has 4 aromatic heterocycles. The van der Waals surface area contributed by atoms with Gasteiger partial charge in [-0.2, -0.15) is 0 Å². The van der Waals surface area contributed by atoms with Gasteiger partial charge in [-0.25, -0.2) is 14.4 Å². The zero-order valence-corrected chi connectivity index (χ0v) is 23.0. The molecule has 0 saturated carbocycles. The Kier molecular flexibility index (Phi) is 7.25. The van der Waals surface area contributed by atoms with Crippen LogP contribution >= 0.6 is 15.9 Å². The Morgan fingerprint density at radius 2 is 1.73 bits per heavy atom. The van der Waals surface area contributed by atoms with Crippen molar-refractivity contribution in [2.75, 3.05) is 0 Å². The van der Waals surface area contributed by atoms with Crippen molar-refractivity contribution in [1.29, 1.82) is 0 Å². The third-order valence-electron chi connectivity index (χ3n) is 5.80. The van der Waals surface area contributed by atoms with Crippen molar-refractivity contribution in [2.24, 2.45) is 0 Å². The average molecular weight is 568 g/mol. The number of aryl methyl sites for hydroxylation is 4. The lowest BCUT2D eigenvalue weighted by Gasteiger charge is -2.18. The molecule has 0 atom stereocenters. The van der Waals surface area contributed by atoms with E-state index in [1.807, 2.05) is 13.8 Å². The van der Waals surface area contributed by atoms with Crippen molar-refractivity contribution < 1.29 is 14.2 Å². The second-order valence-corrected chi connectivity index (χ2v) is 10.3. The summed E-state index contributed by atoms with van der Waals surface area (Å²) in [6, 6.07) is 4.88. The number of aliphatic hydroxyl groups is 1. The molecule has 0 aromatic carbocycles. The normalized spacial score (nSPS) is 11.6. The molecular weight excluding hydrogens is 541 g/mol. The molecule has 37 heavy (non-hydrogen) atoms. The third-order valence-corrected chi connectivity index (χ3v) is 6.53. The van der Waals surface area contributed by atoms with Gasteiger partial charge in [0.25, 0.3) is 5.56 Å². The van der Waals surface area contributed by atoms with Crippen molar-refractivity contribution in [3.05, 3.63) is 91.3 Å². The van der Waals surface area contributed by atoms with Crippen LogP contribution in [0.1, 0.15) is 47.8 Å². The molecule has 0 aliphatic carbocycles. The monoisotopic (exact) mass is 567 g/mol. The van der Waals surface area contributed by atoms with E-state index in [1.165, 1.54) is 6.07 Å². The molecule has 0 aliphatic rings. The number of pyridine rings is 3. The Morgan fingerprint density at radius 1 is 1.03 bits per heavy atom. The van der Waals surface area contributed by atoms with Crippen LogP contribution in [0.2, 0.25) is 0 Å². The lowest BCUT2D eigenvalue weighted by Crippen LogP contribution is -2.23. The van der Waals surface area contributed by atoms with Gasteiger partial charge in [0.2, 0.25) is 0 Å². The number of aromatic nitrogens is 5. The van der Waals surface area contributed by atoms with Crippen molar-refractivity contribution in [3.8, 4) is 22.8 Å². The average Bonchev–Trinajstić information content (AvgIpc) is 2.82. The number of hydrogen-bond donors (Lipinski definition) is 1. The zero-order chi connectivity index (χ0) is 27.1. The first-order valence-corrected chi connectivity index (χ1v) is 12.4. The summed E-state index contributed by atoms with van der Waals surface area (Å²) in [6.07, 6.45) is 4.88. The molecule has 0 amide bonds. The van der Waals surface area contributed by atoms with Gasteiger partial charge in [-0.3, -0.25) is 19.3 Å². The summed E-state index contributed by atoms with van der Waals surface area (Å²) in [5.74, 6) is 0.0944. The van der Waals surface area contributed by atoms with Crippen LogP contribution < -0.4 is 10.3 Å². The second kappa shape index (κ2) is 10.1. The van der Waals surface area contributed by atoms with Crippen LogP contribution in [-0.2, 0) is 12.2 Å². The van der Waals surface area contributed by atoms with Gasteiger partial charge in [0.05, 0.1) is 17.1 Å². The molecule has 4 heterocycles. The van der Waals surface area contributed by atoms with Crippen LogP contribution in [0, 0.1) is 33.5 Å². The van der Waals surface area contributed by atoms with Gasteiger partial charge in [-0.05, 0) is 86.3 Å². The Morgan fingerprint density at radius 3 is 2.41 bits per heavy atom. The number of rotatable bonds is 6. The molecule has 0 aliphatic heterocycles. The maximum absolute atomic E-state index is 14.2. The predicted molar refractivity (Wildman–Crippen MR) is 141 cm³/mol. The summed E-state index contributed by atoms with van der Waals surface area (Å²) in [4.78, 5) is 30.8. The van der Waals surface area contributed by atoms with Crippen LogP contribution in [0.3, 0.4) is 0 Å². The fourth-order valence-corrected chi connectivity index (χ4v) is 4.19. The molecule has 0 radical (unpaired) electrons. The van der Waals surface area contributed by atoms with Crippen LogP contribution in [0.15, 0.2) is 46.1 Å². The summed E-state index contributed by atoms with van der Waals surface area (Å²) in [5.41, 5.74) is 3.18. The topological polar surface area (TPSA) is 103 Å². The highest BCUT2D eigenvalue weighted by molar-refractivity contribution is 9.10. The Hall–Kier alpha value is -3.50. The summed E-state index contributed by atoms with van der Waals surface area (Å²) in [5, 5.41) is 10.4. The lowest BCUT2D eigenvalue weighted by molar-refractivity contribution is 0.0688. The Labute approximate surface area is 222 Å². The number of ether oxygens (including phenoxy) is 1. The van der Waals surface area contributed by atoms with Gasteiger partial charge in [0, 0.05) is 30.4 Å². The molecule has 0 bridgehead atoms. The van der Waals surface area contributed by atoms with Crippen molar-refractivity contribution in [2.45, 2.75) is 53.8 Å². The van der Waals surface area contributed by atoms with Crippen LogP contribution in [0.4, 0.5) is 4.39 Å². The van der Waals surface area contributed by atoms with Gasteiger partial charge < -0.3 is 9.84 Å². The summed E-state index contributed by atoms with van der Waals surface area (Å²) in [6.45, 7) is 10.4. The lowest BCUT2D eigenvalue weighted by atomic mass is 10.1. The Balaban J connectivity index is 1.75. The zero-order valence-electron chi connectivity index (χ0n) is 21.4. The fraction of sp³-hybridized carbons (Fsp3) is 0.296. The van der Waals surface area contributed by atoms with Crippen molar-refractivity contribution in [1.82, 2.24) is 24.5 Å². The summed E-state index contributed by atoms with van der Waals surface area (Å²) < 4.78 is 21.7. The molecule has 8 nitrogen and oxygen atoms in total. The largest absolute Gasteiger partial charge is 0.486 e. The predicted octanol–water partition coefficient (Wildman–Crippen LogP) is 5.03. The van der Waals surface area contributed by atoms with Crippen molar-refractivity contribution >= 4 is 15.9 Å². The number of nitrogens with zero attached hydrogens (tertiary/aromatic N) is 5. The number of hydrogen-bond acceptors (Lipinski definition) is 7. The SMILES string of the molecule is Cc1cnc(COc2cc(C)n(-c3cc(-c4nc(C(C)(C)O)ncc4C)ncc3C)c(=O)c2Br)c(F)c1. The molecule has 4 rings (SSSR count). The standard InChI is InChI=1S/C27H27BrFN5O3/c1-14-7-18(29)20(30-10-14)13-37-22-8-17(4)34(25(35)23(22)28)21-9-19(31-11-15(21)2)24-16(3)12-32-26(33-24)27(5,6)36/h7-12,36H,13H2,1-6H3. The minimum atomic E-state index is -1.22. The molecule has 0 unspecified atom stereocenters. The van der Waals surface area contributed by atoms with Gasteiger partial charge in [0.1, 0.15) is 33.9 Å². The van der Waals surface area contributed by atoms with Gasteiger partial charge >= 0.3 is 0 Å². The maximum atomic E-state index is 14.2. The van der Waals surface area contributed by atoms with Crippen LogP contribution in [0.5, 0.6) is 5.75 Å². The van der Waals surface area contributed by atoms with Crippen LogP contribution in [-0.4, -0.2) is 29.6 Å². The summed E-state index contributed by atoms with van der Waals surface area (Å²) >= 11 is 3.36. The quantitative estimate of drug-likeness (QED) is 0.348. The minimum absolute atomic E-state index is 0.122. The fourth-order valence-electron chi connectivity index (χ4n) is 3.78. The minimum Gasteiger partial charge on any atom is -0.486 e. The van der Waals surface area contributed by atoms with E-state index in [0.717, 1.165) is 11.1 Å². The molecule has 4 aromatic rings. The molecule has 10 heteroatoms. The molecular formula is C27H27BrFN5O3. The molecule has 192 valence electrons. The first-order chi connectivity index (χ1) is 17.4. The van der Waals surface area contributed by atoms with E-state index in [0.29, 0.717) is 28.3 Å². The van der Waals surface area contributed by atoms with E-state index in [9.17, 15) is 14.3 Å². The Bertz CT molecular complexity index is 1560. The molecule has 0 saturated heterocycles. The van der Waals surface area contributed by atoms with Gasteiger partial charge in [-0.1, -0.05) is 0 Å². The van der Waals surface area contributed by atoms with E-state index >= 15 is 0 Å². The van der Waals surface area contributed by atoms with E-state index in [4.69, 9.17) is 4.74 Å². The number of halogens is 2. The molecule has 0 fully saturated rings. The molecule has 1 N–H and O–H groups in total. The highest BCUT2D eigenvalue weighted by atomic mass is 79.9. The third kappa shape index (κ3) is 5.45. The second-order valence-electron chi connectivity index (χ2n) is 9.47. The van der Waals surface area contributed by atoms with Crippen LogP contribution in [0.25, 0.3) is 17.1 Å². The molecule has 0 spiro atoms. The van der Waals surface area contributed by atoms with E-state index in [-0.39, 0.29) is 33.9 Å². The first-order valence-electron chi connectivity index (χ1n) is 11.6. The van der Waals surface area contributed by atoms with E-state index in [1.54, 1.807) is 63.0 Å². The maximum Gasteiger partial charge on any atom is 0.273 e. The van der Waals surface area contributed by atoms with Gasteiger partial charge in [-0.15, -0.1) is 0 Å². The van der Waals surface area contributed by atoms with E-state index < -0.39 is 11.4 Å². The van der Waals surface area contributed by atoms with E-state index in [2.05, 4.69) is 35.9 Å². The van der Waals surface area contributed by atoms with Crippen molar-refractivity contribution in [3.63, 3.8) is 0 Å².